The number of amidine groups is 1. The summed E-state index contributed by atoms with van der Waals surface area (Å²) in [6.45, 7) is 10.3. The number of rotatable bonds is 8. The molecule has 2 amide bonds. The van der Waals surface area contributed by atoms with Gasteiger partial charge >= 0.3 is 5.97 Å². The van der Waals surface area contributed by atoms with Crippen molar-refractivity contribution in [3.8, 4) is 0 Å². The van der Waals surface area contributed by atoms with Crippen molar-refractivity contribution in [2.24, 2.45) is 18.0 Å². The fourth-order valence-corrected chi connectivity index (χ4v) is 5.17. The van der Waals surface area contributed by atoms with E-state index in [0.717, 1.165) is 16.0 Å². The smallest absolute Gasteiger partial charge is 0.341 e. The Morgan fingerprint density at radius 2 is 2.06 bits per heavy atom. The van der Waals surface area contributed by atoms with E-state index in [1.54, 1.807) is 42.0 Å². The van der Waals surface area contributed by atoms with Crippen LogP contribution in [-0.4, -0.2) is 56.5 Å². The Balaban J connectivity index is 1.75. The summed E-state index contributed by atoms with van der Waals surface area (Å²) in [5.74, 6) is -0.674. The van der Waals surface area contributed by atoms with Crippen LogP contribution in [0.25, 0.3) is 6.08 Å². The van der Waals surface area contributed by atoms with Gasteiger partial charge in [-0.1, -0.05) is 25.6 Å². The molecule has 11 heteroatoms. The van der Waals surface area contributed by atoms with Gasteiger partial charge in [-0.3, -0.25) is 19.2 Å². The second-order valence-corrected chi connectivity index (χ2v) is 10.4. The minimum absolute atomic E-state index is 0.0408. The topological polar surface area (TPSA) is 106 Å². The molecule has 0 radical (unpaired) electrons. The maximum Gasteiger partial charge on any atom is 0.341 e. The molecule has 1 aliphatic heterocycles. The normalized spacial score (nSPS) is 14.8. The molecule has 3 heterocycles. The highest BCUT2D eigenvalue weighted by molar-refractivity contribution is 8.14. The standard InChI is InChI=1S/C23H29N5O4S2/c1-7-32-22(31)19-14(4)15(5)34-20(19)26-18(29)12-33-23-25-17(8-16-9-24-27(6)11-16)21(30)28(23)10-13(2)3/h8-9,11,13H,7,10,12H2,1-6H3,(H,26,29)/b17-8+. The van der Waals surface area contributed by atoms with Crippen molar-refractivity contribution in [3.05, 3.63) is 39.7 Å². The SMILES string of the molecule is CCOC(=O)c1c(NC(=O)CSC2=N/C(=C/c3cnn(C)c3)C(=O)N2CC(C)C)sc(C)c1C. The Morgan fingerprint density at radius 1 is 1.32 bits per heavy atom. The molecule has 0 spiro atoms. The molecule has 9 nitrogen and oxygen atoms in total. The van der Waals surface area contributed by atoms with Gasteiger partial charge in [-0.2, -0.15) is 5.10 Å². The zero-order valence-electron chi connectivity index (χ0n) is 20.2. The van der Waals surface area contributed by atoms with Crippen molar-refractivity contribution in [2.45, 2.75) is 34.6 Å². The van der Waals surface area contributed by atoms with Crippen LogP contribution in [-0.2, 0) is 21.4 Å². The molecule has 0 saturated heterocycles. The third kappa shape index (κ3) is 5.95. The average Bonchev–Trinajstić information content (AvgIpc) is 3.38. The monoisotopic (exact) mass is 503 g/mol. The average molecular weight is 504 g/mol. The number of anilines is 1. The van der Waals surface area contributed by atoms with E-state index >= 15 is 0 Å². The van der Waals surface area contributed by atoms with Crippen molar-refractivity contribution < 1.29 is 19.1 Å². The Kier molecular flexibility index (Phi) is 8.32. The maximum atomic E-state index is 13.0. The number of aliphatic imine (C=N–C) groups is 1. The number of aryl methyl sites for hydroxylation is 2. The van der Waals surface area contributed by atoms with Crippen LogP contribution in [0, 0.1) is 19.8 Å². The van der Waals surface area contributed by atoms with Gasteiger partial charge in [-0.15, -0.1) is 11.3 Å². The Hall–Kier alpha value is -2.92. The van der Waals surface area contributed by atoms with Gasteiger partial charge in [0, 0.05) is 30.2 Å². The number of carbonyl (C=O) groups excluding carboxylic acids is 3. The number of nitrogens with one attached hydrogen (secondary N) is 1. The van der Waals surface area contributed by atoms with Gasteiger partial charge in [-0.25, -0.2) is 9.79 Å². The van der Waals surface area contributed by atoms with Crippen LogP contribution >= 0.6 is 23.1 Å². The number of hydrogen-bond acceptors (Lipinski definition) is 8. The van der Waals surface area contributed by atoms with Crippen LogP contribution < -0.4 is 5.32 Å². The molecule has 0 saturated carbocycles. The number of thioether (sulfide) groups is 1. The van der Waals surface area contributed by atoms with E-state index < -0.39 is 5.97 Å². The summed E-state index contributed by atoms with van der Waals surface area (Å²) in [5.41, 5.74) is 2.27. The number of esters is 1. The first kappa shape index (κ1) is 25.7. The number of carbonyl (C=O) groups is 3. The molecule has 182 valence electrons. The first-order chi connectivity index (χ1) is 16.1. The lowest BCUT2D eigenvalue weighted by atomic mass is 10.1. The summed E-state index contributed by atoms with van der Waals surface area (Å²) in [5, 5.41) is 7.90. The summed E-state index contributed by atoms with van der Waals surface area (Å²) in [4.78, 5) is 45.1. The van der Waals surface area contributed by atoms with Crippen LogP contribution in [0.4, 0.5) is 5.00 Å². The second-order valence-electron chi connectivity index (χ2n) is 8.23. The third-order valence-corrected chi connectivity index (χ3v) is 7.04. The van der Waals surface area contributed by atoms with Gasteiger partial charge in [-0.05, 0) is 38.3 Å². The Bertz CT molecular complexity index is 1160. The highest BCUT2D eigenvalue weighted by Crippen LogP contribution is 2.33. The van der Waals surface area contributed by atoms with E-state index in [-0.39, 0.29) is 30.1 Å². The molecule has 0 aliphatic carbocycles. The van der Waals surface area contributed by atoms with E-state index in [2.05, 4.69) is 15.4 Å². The lowest BCUT2D eigenvalue weighted by molar-refractivity contribution is -0.123. The number of thiophene rings is 1. The quantitative estimate of drug-likeness (QED) is 0.433. The van der Waals surface area contributed by atoms with Crippen molar-refractivity contribution in [3.63, 3.8) is 0 Å². The van der Waals surface area contributed by atoms with Gasteiger partial charge in [0.2, 0.25) is 5.91 Å². The molecule has 0 fully saturated rings. The van der Waals surface area contributed by atoms with Crippen molar-refractivity contribution in [1.82, 2.24) is 14.7 Å². The molecule has 2 aromatic heterocycles. The molecule has 2 aromatic rings. The first-order valence-electron chi connectivity index (χ1n) is 10.9. The summed E-state index contributed by atoms with van der Waals surface area (Å²) in [7, 11) is 1.80. The fourth-order valence-electron chi connectivity index (χ4n) is 3.30. The van der Waals surface area contributed by atoms with E-state index in [0.29, 0.717) is 28.0 Å². The summed E-state index contributed by atoms with van der Waals surface area (Å²) >= 11 is 2.53. The predicted octanol–water partition coefficient (Wildman–Crippen LogP) is 3.84. The molecule has 1 N–H and O–H groups in total. The molecule has 0 atom stereocenters. The van der Waals surface area contributed by atoms with Crippen molar-refractivity contribution in [1.29, 1.82) is 0 Å². The highest BCUT2D eigenvalue weighted by atomic mass is 32.2. The van der Waals surface area contributed by atoms with Gasteiger partial charge in [0.1, 0.15) is 10.7 Å². The van der Waals surface area contributed by atoms with E-state index in [1.165, 1.54) is 23.1 Å². The summed E-state index contributed by atoms with van der Waals surface area (Å²) < 4.78 is 6.80. The Morgan fingerprint density at radius 3 is 2.68 bits per heavy atom. The first-order valence-corrected chi connectivity index (χ1v) is 12.7. The zero-order valence-corrected chi connectivity index (χ0v) is 21.8. The van der Waals surface area contributed by atoms with Gasteiger partial charge < -0.3 is 10.1 Å². The molecular weight excluding hydrogens is 474 g/mol. The lowest BCUT2D eigenvalue weighted by Crippen LogP contribution is -2.34. The van der Waals surface area contributed by atoms with Crippen molar-refractivity contribution in [2.75, 3.05) is 24.2 Å². The minimum Gasteiger partial charge on any atom is -0.462 e. The second kappa shape index (κ2) is 11.0. The number of hydrogen-bond donors (Lipinski definition) is 1. The van der Waals surface area contributed by atoms with Gasteiger partial charge in [0.15, 0.2) is 5.17 Å². The summed E-state index contributed by atoms with van der Waals surface area (Å²) in [6, 6.07) is 0. The van der Waals surface area contributed by atoms with Gasteiger partial charge in [0.05, 0.1) is 24.1 Å². The van der Waals surface area contributed by atoms with Crippen LogP contribution in [0.3, 0.4) is 0 Å². The van der Waals surface area contributed by atoms with Crippen LogP contribution in [0.2, 0.25) is 0 Å². The van der Waals surface area contributed by atoms with E-state index in [1.807, 2.05) is 27.7 Å². The molecular formula is C23H29N5O4S2. The van der Waals surface area contributed by atoms with E-state index in [4.69, 9.17) is 4.74 Å². The zero-order chi connectivity index (χ0) is 25.0. The minimum atomic E-state index is -0.452. The number of ether oxygens (including phenoxy) is 1. The van der Waals surface area contributed by atoms with Gasteiger partial charge in [0.25, 0.3) is 5.91 Å². The highest BCUT2D eigenvalue weighted by Gasteiger charge is 2.31. The van der Waals surface area contributed by atoms with E-state index in [9.17, 15) is 14.4 Å². The van der Waals surface area contributed by atoms with Crippen LogP contribution in [0.5, 0.6) is 0 Å². The fraction of sp³-hybridized carbons (Fsp3) is 0.435. The lowest BCUT2D eigenvalue weighted by Gasteiger charge is -2.19. The van der Waals surface area contributed by atoms with Crippen LogP contribution in [0.1, 0.15) is 47.1 Å². The maximum absolute atomic E-state index is 13.0. The molecule has 0 bridgehead atoms. The molecule has 3 rings (SSSR count). The van der Waals surface area contributed by atoms with Crippen molar-refractivity contribution >= 4 is 57.1 Å². The number of aromatic nitrogens is 2. The number of amides is 2. The number of nitrogens with zero attached hydrogens (tertiary/aromatic N) is 4. The largest absolute Gasteiger partial charge is 0.462 e. The third-order valence-electron chi connectivity index (χ3n) is 4.94. The molecule has 34 heavy (non-hydrogen) atoms. The Labute approximate surface area is 207 Å². The summed E-state index contributed by atoms with van der Waals surface area (Å²) in [6.07, 6.45) is 5.15. The molecule has 1 aliphatic rings. The predicted molar refractivity (Wildman–Crippen MR) is 136 cm³/mol. The molecule has 0 aromatic carbocycles. The molecule has 0 unspecified atom stereocenters. The van der Waals surface area contributed by atoms with Crippen LogP contribution in [0.15, 0.2) is 23.1 Å².